The van der Waals surface area contributed by atoms with Crippen molar-refractivity contribution in [3.63, 3.8) is 0 Å². The molecular formula is C9H9F3N2O2. The van der Waals surface area contributed by atoms with Crippen molar-refractivity contribution < 1.29 is 22.7 Å². The average molecular weight is 234 g/mol. The molecule has 4 nitrogen and oxygen atoms in total. The summed E-state index contributed by atoms with van der Waals surface area (Å²) in [6, 6.07) is 3.57. The van der Waals surface area contributed by atoms with Crippen molar-refractivity contribution in [3.8, 4) is 5.75 Å². The van der Waals surface area contributed by atoms with Crippen LogP contribution in [0.1, 0.15) is 11.6 Å². The Bertz CT molecular complexity index is 375. The van der Waals surface area contributed by atoms with Gasteiger partial charge in [-0.05, 0) is 17.7 Å². The number of carbonyl (C=O) groups excluding carboxylic acids is 1. The van der Waals surface area contributed by atoms with Crippen molar-refractivity contribution in [1.29, 1.82) is 0 Å². The van der Waals surface area contributed by atoms with E-state index in [4.69, 9.17) is 11.5 Å². The van der Waals surface area contributed by atoms with E-state index in [1.54, 1.807) is 0 Å². The molecule has 1 aromatic carbocycles. The number of carbonyl (C=O) groups is 1. The molecule has 88 valence electrons. The minimum atomic E-state index is -4.74. The standard InChI is InChI=1S/C9H9F3N2O2/c10-9(11,12)16-6-3-1-5(2-4-6)7(13)8(14)15/h1-4,7H,13H2,(H2,14,15)/t7-/m1/s1. The molecule has 0 bridgehead atoms. The summed E-state index contributed by atoms with van der Waals surface area (Å²) in [4.78, 5) is 10.7. The van der Waals surface area contributed by atoms with E-state index in [2.05, 4.69) is 4.74 Å². The second-order valence-electron chi connectivity index (χ2n) is 3.00. The maximum Gasteiger partial charge on any atom is 0.573 e. The van der Waals surface area contributed by atoms with Crippen LogP contribution in [0, 0.1) is 0 Å². The largest absolute Gasteiger partial charge is 0.573 e. The van der Waals surface area contributed by atoms with E-state index >= 15 is 0 Å². The van der Waals surface area contributed by atoms with Gasteiger partial charge in [0.1, 0.15) is 11.8 Å². The van der Waals surface area contributed by atoms with Gasteiger partial charge in [-0.2, -0.15) is 0 Å². The van der Waals surface area contributed by atoms with Crippen LogP contribution in [-0.4, -0.2) is 12.3 Å². The van der Waals surface area contributed by atoms with E-state index in [-0.39, 0.29) is 5.75 Å². The lowest BCUT2D eigenvalue weighted by atomic mass is 10.1. The third kappa shape index (κ3) is 3.43. The summed E-state index contributed by atoms with van der Waals surface area (Å²) in [5.74, 6) is -1.14. The average Bonchev–Trinajstić information content (AvgIpc) is 2.15. The summed E-state index contributed by atoms with van der Waals surface area (Å²) in [6.45, 7) is 0. The Hall–Kier alpha value is -1.76. The van der Waals surface area contributed by atoms with E-state index in [1.807, 2.05) is 0 Å². The van der Waals surface area contributed by atoms with Crippen LogP contribution in [0.2, 0.25) is 0 Å². The minimum absolute atomic E-state index is 0.321. The molecule has 0 saturated carbocycles. The predicted octanol–water partition coefficient (Wildman–Crippen LogP) is 1.07. The maximum atomic E-state index is 11.8. The number of nitrogens with two attached hydrogens (primary N) is 2. The first-order valence-corrected chi connectivity index (χ1v) is 4.20. The molecule has 0 heterocycles. The van der Waals surface area contributed by atoms with Crippen LogP contribution in [-0.2, 0) is 4.79 Å². The smallest absolute Gasteiger partial charge is 0.406 e. The number of primary amides is 1. The van der Waals surface area contributed by atoms with Crippen LogP contribution in [0.5, 0.6) is 5.75 Å². The van der Waals surface area contributed by atoms with Gasteiger partial charge in [0, 0.05) is 0 Å². The molecule has 0 aliphatic heterocycles. The normalized spacial score (nSPS) is 13.2. The van der Waals surface area contributed by atoms with Crippen LogP contribution in [0.25, 0.3) is 0 Å². The Morgan fingerprint density at radius 1 is 1.25 bits per heavy atom. The Morgan fingerprint density at radius 2 is 1.75 bits per heavy atom. The van der Waals surface area contributed by atoms with Gasteiger partial charge in [0.25, 0.3) is 0 Å². The van der Waals surface area contributed by atoms with Gasteiger partial charge in [-0.15, -0.1) is 13.2 Å². The van der Waals surface area contributed by atoms with Gasteiger partial charge in [0.05, 0.1) is 0 Å². The van der Waals surface area contributed by atoms with Gasteiger partial charge in [-0.1, -0.05) is 12.1 Å². The zero-order chi connectivity index (χ0) is 12.3. The highest BCUT2D eigenvalue weighted by Gasteiger charge is 2.31. The van der Waals surface area contributed by atoms with Gasteiger partial charge in [-0.3, -0.25) is 4.79 Å². The molecule has 0 spiro atoms. The second-order valence-corrected chi connectivity index (χ2v) is 3.00. The van der Waals surface area contributed by atoms with E-state index < -0.39 is 18.3 Å². The fourth-order valence-electron chi connectivity index (χ4n) is 1.04. The van der Waals surface area contributed by atoms with Gasteiger partial charge in [-0.25, -0.2) is 0 Å². The van der Waals surface area contributed by atoms with E-state index in [1.165, 1.54) is 12.1 Å². The monoisotopic (exact) mass is 234 g/mol. The summed E-state index contributed by atoms with van der Waals surface area (Å²) in [5, 5.41) is 0. The summed E-state index contributed by atoms with van der Waals surface area (Å²) in [5.41, 5.74) is 10.6. The number of halogens is 3. The lowest BCUT2D eigenvalue weighted by Gasteiger charge is -2.11. The molecule has 0 saturated heterocycles. The number of hydrogen-bond donors (Lipinski definition) is 2. The fourth-order valence-corrected chi connectivity index (χ4v) is 1.04. The lowest BCUT2D eigenvalue weighted by molar-refractivity contribution is -0.274. The van der Waals surface area contributed by atoms with Crippen molar-refractivity contribution in [2.45, 2.75) is 12.4 Å². The molecule has 7 heteroatoms. The van der Waals surface area contributed by atoms with Crippen molar-refractivity contribution >= 4 is 5.91 Å². The topological polar surface area (TPSA) is 78.3 Å². The van der Waals surface area contributed by atoms with Gasteiger partial charge >= 0.3 is 6.36 Å². The Balaban J connectivity index is 2.79. The quantitative estimate of drug-likeness (QED) is 0.821. The van der Waals surface area contributed by atoms with Crippen LogP contribution in [0.4, 0.5) is 13.2 Å². The molecule has 1 atom stereocenters. The highest BCUT2D eigenvalue weighted by molar-refractivity contribution is 5.81. The molecule has 0 aliphatic carbocycles. The first-order valence-electron chi connectivity index (χ1n) is 4.20. The SMILES string of the molecule is NC(=O)[C@H](N)c1ccc(OC(F)(F)F)cc1. The van der Waals surface area contributed by atoms with Crippen molar-refractivity contribution in [1.82, 2.24) is 0 Å². The third-order valence-corrected chi connectivity index (χ3v) is 1.78. The molecule has 0 aromatic heterocycles. The highest BCUT2D eigenvalue weighted by atomic mass is 19.4. The Labute approximate surface area is 89.0 Å². The number of benzene rings is 1. The summed E-state index contributed by atoms with van der Waals surface area (Å²) >= 11 is 0. The van der Waals surface area contributed by atoms with E-state index in [0.29, 0.717) is 5.56 Å². The van der Waals surface area contributed by atoms with Crippen molar-refractivity contribution in [2.24, 2.45) is 11.5 Å². The molecule has 0 aliphatic rings. The second kappa shape index (κ2) is 4.40. The van der Waals surface area contributed by atoms with E-state index in [9.17, 15) is 18.0 Å². The van der Waals surface area contributed by atoms with Crippen molar-refractivity contribution in [2.75, 3.05) is 0 Å². The first kappa shape index (κ1) is 12.3. The van der Waals surface area contributed by atoms with Gasteiger partial charge < -0.3 is 16.2 Å². The lowest BCUT2D eigenvalue weighted by Crippen LogP contribution is -2.28. The molecular weight excluding hydrogens is 225 g/mol. The molecule has 0 radical (unpaired) electrons. The predicted molar refractivity (Wildman–Crippen MR) is 49.2 cm³/mol. The van der Waals surface area contributed by atoms with Crippen LogP contribution in [0.3, 0.4) is 0 Å². The number of hydrogen-bond acceptors (Lipinski definition) is 3. The van der Waals surface area contributed by atoms with Crippen LogP contribution >= 0.6 is 0 Å². The summed E-state index contributed by atoms with van der Waals surface area (Å²) in [7, 11) is 0. The third-order valence-electron chi connectivity index (χ3n) is 1.78. The Kier molecular flexibility index (Phi) is 3.38. The van der Waals surface area contributed by atoms with Gasteiger partial charge in [0.15, 0.2) is 0 Å². The highest BCUT2D eigenvalue weighted by Crippen LogP contribution is 2.23. The molecule has 1 amide bonds. The number of amides is 1. The van der Waals surface area contributed by atoms with Crippen LogP contribution < -0.4 is 16.2 Å². The first-order chi connectivity index (χ1) is 7.29. The zero-order valence-electron chi connectivity index (χ0n) is 7.99. The number of rotatable bonds is 3. The van der Waals surface area contributed by atoms with Gasteiger partial charge in [0.2, 0.25) is 5.91 Å². The fraction of sp³-hybridized carbons (Fsp3) is 0.222. The van der Waals surface area contributed by atoms with Crippen molar-refractivity contribution in [3.05, 3.63) is 29.8 Å². The molecule has 0 unspecified atom stereocenters. The molecule has 4 N–H and O–H groups in total. The molecule has 1 rings (SSSR count). The summed E-state index contributed by atoms with van der Waals surface area (Å²) < 4.78 is 39.1. The number of alkyl halides is 3. The minimum Gasteiger partial charge on any atom is -0.406 e. The van der Waals surface area contributed by atoms with Crippen LogP contribution in [0.15, 0.2) is 24.3 Å². The molecule has 16 heavy (non-hydrogen) atoms. The molecule has 1 aromatic rings. The number of ether oxygens (including phenoxy) is 1. The van der Waals surface area contributed by atoms with E-state index in [0.717, 1.165) is 12.1 Å². The summed E-state index contributed by atoms with van der Waals surface area (Å²) in [6.07, 6.45) is -4.74. The zero-order valence-corrected chi connectivity index (χ0v) is 7.99. The molecule has 0 fully saturated rings. The maximum absolute atomic E-state index is 11.8. The Morgan fingerprint density at radius 3 is 2.12 bits per heavy atom.